The van der Waals surface area contributed by atoms with E-state index in [0.29, 0.717) is 5.69 Å². The molecule has 0 amide bonds. The molecule has 0 atom stereocenters. The number of benzene rings is 2. The van der Waals surface area contributed by atoms with Crippen molar-refractivity contribution in [3.63, 3.8) is 0 Å². The molecule has 118 valence electrons. The lowest BCUT2D eigenvalue weighted by atomic mass is 10.3. The highest BCUT2D eigenvalue weighted by Crippen LogP contribution is 2.22. The Bertz CT molecular complexity index is 926. The van der Waals surface area contributed by atoms with Crippen LogP contribution in [0.5, 0.6) is 0 Å². The van der Waals surface area contributed by atoms with E-state index in [4.69, 9.17) is 11.6 Å². The van der Waals surface area contributed by atoms with E-state index in [9.17, 15) is 12.8 Å². The van der Waals surface area contributed by atoms with E-state index < -0.39 is 20.7 Å². The van der Waals surface area contributed by atoms with Crippen molar-refractivity contribution in [3.8, 4) is 5.69 Å². The van der Waals surface area contributed by atoms with Crippen molar-refractivity contribution in [2.75, 3.05) is 4.72 Å². The SMILES string of the molecule is O=S(=O)(Nc1ccc(-n2cccn2)cc1)c1ccc(Cl)cc1F. The monoisotopic (exact) mass is 351 g/mol. The van der Waals surface area contributed by atoms with Crippen LogP contribution >= 0.6 is 11.6 Å². The second kappa shape index (κ2) is 6.02. The molecule has 0 fully saturated rings. The highest BCUT2D eigenvalue weighted by Gasteiger charge is 2.19. The third-order valence-corrected chi connectivity index (χ3v) is 4.72. The largest absolute Gasteiger partial charge is 0.280 e. The van der Waals surface area contributed by atoms with Crippen LogP contribution in [0.4, 0.5) is 10.1 Å². The Morgan fingerprint density at radius 3 is 2.48 bits per heavy atom. The average molecular weight is 352 g/mol. The molecular formula is C15H11ClFN3O2S. The summed E-state index contributed by atoms with van der Waals surface area (Å²) in [5.74, 6) is -0.904. The van der Waals surface area contributed by atoms with Crippen LogP contribution in [0.2, 0.25) is 5.02 Å². The molecule has 3 aromatic rings. The molecule has 0 aliphatic carbocycles. The van der Waals surface area contributed by atoms with E-state index in [0.717, 1.165) is 17.8 Å². The molecule has 1 aromatic heterocycles. The Morgan fingerprint density at radius 1 is 1.13 bits per heavy atom. The minimum absolute atomic E-state index is 0.130. The fourth-order valence-corrected chi connectivity index (χ4v) is 3.28. The van der Waals surface area contributed by atoms with Gasteiger partial charge in [0.1, 0.15) is 10.7 Å². The summed E-state index contributed by atoms with van der Waals surface area (Å²) in [6.45, 7) is 0. The van der Waals surface area contributed by atoms with Gasteiger partial charge in [0, 0.05) is 23.1 Å². The topological polar surface area (TPSA) is 64.0 Å². The van der Waals surface area contributed by atoms with E-state index in [2.05, 4.69) is 9.82 Å². The van der Waals surface area contributed by atoms with Gasteiger partial charge in [-0.2, -0.15) is 5.10 Å². The zero-order chi connectivity index (χ0) is 16.4. The van der Waals surface area contributed by atoms with Crippen LogP contribution in [0.15, 0.2) is 65.8 Å². The molecule has 0 saturated carbocycles. The number of rotatable bonds is 4. The van der Waals surface area contributed by atoms with E-state index in [1.54, 1.807) is 47.4 Å². The van der Waals surface area contributed by atoms with Gasteiger partial charge in [-0.1, -0.05) is 11.6 Å². The molecule has 2 aromatic carbocycles. The van der Waals surface area contributed by atoms with Gasteiger partial charge in [0.15, 0.2) is 0 Å². The maximum Gasteiger partial charge on any atom is 0.264 e. The predicted octanol–water partition coefficient (Wildman–Crippen LogP) is 3.47. The number of halogens is 2. The van der Waals surface area contributed by atoms with Crippen molar-refractivity contribution in [2.45, 2.75) is 4.90 Å². The van der Waals surface area contributed by atoms with E-state index in [1.807, 2.05) is 0 Å². The summed E-state index contributed by atoms with van der Waals surface area (Å²) in [5.41, 5.74) is 1.09. The first kappa shape index (κ1) is 15.5. The molecule has 0 radical (unpaired) electrons. The lowest BCUT2D eigenvalue weighted by molar-refractivity contribution is 0.570. The lowest BCUT2D eigenvalue weighted by Crippen LogP contribution is -2.14. The van der Waals surface area contributed by atoms with Crippen LogP contribution in [0, 0.1) is 5.82 Å². The van der Waals surface area contributed by atoms with Gasteiger partial charge in [0.05, 0.1) is 5.69 Å². The van der Waals surface area contributed by atoms with Crippen LogP contribution in [0.1, 0.15) is 0 Å². The molecule has 0 aliphatic heterocycles. The molecule has 0 aliphatic rings. The Kier molecular flexibility index (Phi) is 4.06. The maximum atomic E-state index is 13.8. The maximum absolute atomic E-state index is 13.8. The summed E-state index contributed by atoms with van der Waals surface area (Å²) in [5, 5.41) is 4.20. The number of nitrogens with zero attached hydrogens (tertiary/aromatic N) is 2. The number of nitrogens with one attached hydrogen (secondary N) is 1. The van der Waals surface area contributed by atoms with Gasteiger partial charge in [-0.05, 0) is 48.5 Å². The van der Waals surface area contributed by atoms with Crippen molar-refractivity contribution < 1.29 is 12.8 Å². The quantitative estimate of drug-likeness (QED) is 0.782. The second-order valence-electron chi connectivity index (χ2n) is 4.68. The first-order valence-electron chi connectivity index (χ1n) is 6.54. The smallest absolute Gasteiger partial charge is 0.264 e. The summed E-state index contributed by atoms with van der Waals surface area (Å²) in [4.78, 5) is -0.460. The Labute approximate surface area is 137 Å². The van der Waals surface area contributed by atoms with E-state index >= 15 is 0 Å². The van der Waals surface area contributed by atoms with Crippen molar-refractivity contribution in [1.29, 1.82) is 0 Å². The standard InChI is InChI=1S/C15H11ClFN3O2S/c16-11-2-7-15(14(17)10-11)23(21,22)19-12-3-5-13(6-4-12)20-9-1-8-18-20/h1-10,19H. The Balaban J connectivity index is 1.86. The number of anilines is 1. The van der Waals surface area contributed by atoms with Gasteiger partial charge in [-0.3, -0.25) is 4.72 Å². The van der Waals surface area contributed by atoms with Crippen molar-refractivity contribution >= 4 is 27.3 Å². The van der Waals surface area contributed by atoms with Gasteiger partial charge < -0.3 is 0 Å². The minimum Gasteiger partial charge on any atom is -0.280 e. The molecule has 5 nitrogen and oxygen atoms in total. The molecule has 0 bridgehead atoms. The molecule has 8 heteroatoms. The number of hydrogen-bond acceptors (Lipinski definition) is 3. The fourth-order valence-electron chi connectivity index (χ4n) is 2.01. The van der Waals surface area contributed by atoms with Gasteiger partial charge in [0.25, 0.3) is 10.0 Å². The Morgan fingerprint density at radius 2 is 1.87 bits per heavy atom. The summed E-state index contributed by atoms with van der Waals surface area (Å²) in [7, 11) is -4.03. The normalized spacial score (nSPS) is 11.4. The molecule has 0 spiro atoms. The highest BCUT2D eigenvalue weighted by atomic mass is 35.5. The van der Waals surface area contributed by atoms with Crippen LogP contribution in [-0.2, 0) is 10.0 Å². The van der Waals surface area contributed by atoms with E-state index in [-0.39, 0.29) is 5.02 Å². The molecular weight excluding hydrogens is 341 g/mol. The van der Waals surface area contributed by atoms with Crippen LogP contribution in [0.25, 0.3) is 5.69 Å². The minimum atomic E-state index is -4.03. The molecule has 0 saturated heterocycles. The number of hydrogen-bond donors (Lipinski definition) is 1. The average Bonchev–Trinajstić information content (AvgIpc) is 3.01. The molecule has 3 rings (SSSR count). The third kappa shape index (κ3) is 3.35. The number of sulfonamides is 1. The van der Waals surface area contributed by atoms with Crippen molar-refractivity contribution in [1.82, 2.24) is 9.78 Å². The summed E-state index contributed by atoms with van der Waals surface area (Å²) < 4.78 is 42.2. The summed E-state index contributed by atoms with van der Waals surface area (Å²) in [6, 6.07) is 11.7. The van der Waals surface area contributed by atoms with E-state index in [1.165, 1.54) is 6.07 Å². The molecule has 0 unspecified atom stereocenters. The third-order valence-electron chi connectivity index (χ3n) is 3.07. The Hall–Kier alpha value is -2.38. The van der Waals surface area contributed by atoms with Crippen LogP contribution in [0.3, 0.4) is 0 Å². The zero-order valence-corrected chi connectivity index (χ0v) is 13.2. The number of aromatic nitrogens is 2. The first-order chi connectivity index (χ1) is 11.0. The molecule has 23 heavy (non-hydrogen) atoms. The predicted molar refractivity (Wildman–Crippen MR) is 85.8 cm³/mol. The summed E-state index contributed by atoms with van der Waals surface area (Å²) >= 11 is 5.63. The fraction of sp³-hybridized carbons (Fsp3) is 0. The highest BCUT2D eigenvalue weighted by molar-refractivity contribution is 7.92. The summed E-state index contributed by atoms with van der Waals surface area (Å²) in [6.07, 6.45) is 3.40. The molecule has 1 N–H and O–H groups in total. The van der Waals surface area contributed by atoms with Crippen molar-refractivity contribution in [3.05, 3.63) is 71.8 Å². The second-order valence-corrected chi connectivity index (χ2v) is 6.77. The van der Waals surface area contributed by atoms with Gasteiger partial charge in [0.2, 0.25) is 0 Å². The van der Waals surface area contributed by atoms with Crippen molar-refractivity contribution in [2.24, 2.45) is 0 Å². The van der Waals surface area contributed by atoms with Gasteiger partial charge in [-0.15, -0.1) is 0 Å². The first-order valence-corrected chi connectivity index (χ1v) is 8.40. The zero-order valence-electron chi connectivity index (χ0n) is 11.6. The molecule has 1 heterocycles. The van der Waals surface area contributed by atoms with Crippen LogP contribution in [-0.4, -0.2) is 18.2 Å². The lowest BCUT2D eigenvalue weighted by Gasteiger charge is -2.10. The van der Waals surface area contributed by atoms with Gasteiger partial charge >= 0.3 is 0 Å². The van der Waals surface area contributed by atoms with Crippen LogP contribution < -0.4 is 4.72 Å². The van der Waals surface area contributed by atoms with Gasteiger partial charge in [-0.25, -0.2) is 17.5 Å².